The summed E-state index contributed by atoms with van der Waals surface area (Å²) < 4.78 is 4.79. The number of esters is 1. The number of rotatable bonds is 2. The molecular weight excluding hydrogens is 254 g/mol. The molecule has 0 aliphatic carbocycles. The molecule has 0 aliphatic rings. The van der Waals surface area contributed by atoms with Gasteiger partial charge in [-0.1, -0.05) is 41.9 Å². The minimum atomic E-state index is -0.528. The highest BCUT2D eigenvalue weighted by molar-refractivity contribution is 6.31. The first-order chi connectivity index (χ1) is 8.58. The van der Waals surface area contributed by atoms with E-state index in [4.69, 9.17) is 22.1 Å². The predicted octanol–water partition coefficient (Wildman–Crippen LogP) is 2.30. The molecule has 1 aromatic carbocycles. The Hall–Kier alpha value is -2.14. The Morgan fingerprint density at radius 2 is 1.94 bits per heavy atom. The van der Waals surface area contributed by atoms with Crippen LogP contribution in [-0.2, 0) is 4.79 Å². The molecule has 6 heteroatoms. The van der Waals surface area contributed by atoms with Crippen molar-refractivity contribution in [2.24, 2.45) is 0 Å². The molecule has 0 aliphatic heterocycles. The minimum Gasteiger partial charge on any atom is -0.404 e. The smallest absolute Gasteiger partial charge is 0.309 e. The van der Waals surface area contributed by atoms with Gasteiger partial charge in [-0.2, -0.15) is 4.98 Å². The molecule has 1 aromatic heterocycles. The standard InChI is InChI=1S/C12H10ClN3O2/c1-7(17)18-12-11(14)15-9(10(13)16-12)8-5-3-2-4-6-8/h2-6H,1H3,(H2,14,15). The molecule has 0 unspecified atom stereocenters. The molecule has 0 atom stereocenters. The Balaban J connectivity index is 2.46. The molecule has 92 valence electrons. The molecule has 1 heterocycles. The summed E-state index contributed by atoms with van der Waals surface area (Å²) in [6, 6.07) is 9.25. The van der Waals surface area contributed by atoms with Crippen molar-refractivity contribution in [3.05, 3.63) is 35.5 Å². The highest BCUT2D eigenvalue weighted by atomic mass is 35.5. The van der Waals surface area contributed by atoms with Crippen LogP contribution in [-0.4, -0.2) is 15.9 Å². The number of carbonyl (C=O) groups excluding carboxylic acids is 1. The summed E-state index contributed by atoms with van der Waals surface area (Å²) in [6.45, 7) is 1.25. The van der Waals surface area contributed by atoms with E-state index in [1.165, 1.54) is 6.92 Å². The number of anilines is 1. The van der Waals surface area contributed by atoms with Gasteiger partial charge in [0.1, 0.15) is 5.69 Å². The maximum Gasteiger partial charge on any atom is 0.309 e. The van der Waals surface area contributed by atoms with Crippen molar-refractivity contribution < 1.29 is 9.53 Å². The van der Waals surface area contributed by atoms with Gasteiger partial charge in [-0.05, 0) is 0 Å². The van der Waals surface area contributed by atoms with Gasteiger partial charge in [0, 0.05) is 12.5 Å². The lowest BCUT2D eigenvalue weighted by molar-refractivity contribution is -0.132. The number of nitrogen functional groups attached to an aromatic ring is 1. The second-order valence-electron chi connectivity index (χ2n) is 3.51. The van der Waals surface area contributed by atoms with Crippen LogP contribution in [0.15, 0.2) is 30.3 Å². The van der Waals surface area contributed by atoms with E-state index in [-0.39, 0.29) is 16.9 Å². The molecule has 2 N–H and O–H groups in total. The molecule has 5 nitrogen and oxygen atoms in total. The first-order valence-corrected chi connectivity index (χ1v) is 5.52. The zero-order chi connectivity index (χ0) is 13.1. The molecular formula is C12H10ClN3O2. The molecule has 2 aromatic rings. The van der Waals surface area contributed by atoms with E-state index in [2.05, 4.69) is 9.97 Å². The number of nitrogens with zero attached hydrogens (tertiary/aromatic N) is 2. The SMILES string of the molecule is CC(=O)Oc1nc(Cl)c(-c2ccccc2)nc1N. The van der Waals surface area contributed by atoms with Crippen molar-refractivity contribution in [3.63, 3.8) is 0 Å². The summed E-state index contributed by atoms with van der Waals surface area (Å²) in [5, 5.41) is 0.131. The maximum absolute atomic E-state index is 10.8. The zero-order valence-electron chi connectivity index (χ0n) is 9.55. The minimum absolute atomic E-state index is 0.0217. The van der Waals surface area contributed by atoms with Gasteiger partial charge in [0.2, 0.25) is 0 Å². The second kappa shape index (κ2) is 5.01. The number of carbonyl (C=O) groups is 1. The van der Waals surface area contributed by atoms with Crippen molar-refractivity contribution in [2.75, 3.05) is 5.73 Å². The fourth-order valence-corrected chi connectivity index (χ4v) is 1.63. The van der Waals surface area contributed by atoms with Gasteiger partial charge in [-0.25, -0.2) is 4.98 Å². The van der Waals surface area contributed by atoms with Crippen LogP contribution in [0.2, 0.25) is 5.15 Å². The predicted molar refractivity (Wildman–Crippen MR) is 68.2 cm³/mol. The van der Waals surface area contributed by atoms with E-state index in [1.54, 1.807) is 0 Å². The van der Waals surface area contributed by atoms with Crippen LogP contribution in [0.3, 0.4) is 0 Å². The summed E-state index contributed by atoms with van der Waals surface area (Å²) in [7, 11) is 0. The summed E-state index contributed by atoms with van der Waals surface area (Å²) in [5.74, 6) is -0.583. The molecule has 0 fully saturated rings. The zero-order valence-corrected chi connectivity index (χ0v) is 10.3. The fraction of sp³-hybridized carbons (Fsp3) is 0.0833. The third kappa shape index (κ3) is 2.57. The van der Waals surface area contributed by atoms with Crippen molar-refractivity contribution in [1.82, 2.24) is 9.97 Å². The van der Waals surface area contributed by atoms with Crippen LogP contribution in [0, 0.1) is 0 Å². The van der Waals surface area contributed by atoms with Crippen LogP contribution < -0.4 is 10.5 Å². The van der Waals surface area contributed by atoms with Crippen molar-refractivity contribution in [1.29, 1.82) is 0 Å². The maximum atomic E-state index is 10.8. The van der Waals surface area contributed by atoms with Gasteiger partial charge < -0.3 is 10.5 Å². The van der Waals surface area contributed by atoms with E-state index >= 15 is 0 Å². The number of aromatic nitrogens is 2. The monoisotopic (exact) mass is 263 g/mol. The van der Waals surface area contributed by atoms with E-state index in [0.717, 1.165) is 5.56 Å². The van der Waals surface area contributed by atoms with Crippen molar-refractivity contribution >= 4 is 23.4 Å². The number of halogens is 1. The highest BCUT2D eigenvalue weighted by Crippen LogP contribution is 2.29. The molecule has 0 radical (unpaired) electrons. The lowest BCUT2D eigenvalue weighted by Crippen LogP contribution is -2.08. The van der Waals surface area contributed by atoms with E-state index in [0.29, 0.717) is 5.69 Å². The van der Waals surface area contributed by atoms with E-state index in [1.807, 2.05) is 30.3 Å². The molecule has 0 amide bonds. The first kappa shape index (κ1) is 12.3. The molecule has 2 rings (SSSR count). The summed E-state index contributed by atoms with van der Waals surface area (Å²) in [4.78, 5) is 18.9. The van der Waals surface area contributed by atoms with Crippen LogP contribution in [0.25, 0.3) is 11.3 Å². The Bertz CT molecular complexity index is 587. The molecule has 0 saturated carbocycles. The van der Waals surface area contributed by atoms with Crippen molar-refractivity contribution in [3.8, 4) is 17.1 Å². The van der Waals surface area contributed by atoms with E-state index in [9.17, 15) is 4.79 Å². The van der Waals surface area contributed by atoms with Gasteiger partial charge >= 0.3 is 5.97 Å². The van der Waals surface area contributed by atoms with Gasteiger partial charge in [0.15, 0.2) is 11.0 Å². The number of hydrogen-bond donors (Lipinski definition) is 1. The van der Waals surface area contributed by atoms with Crippen molar-refractivity contribution in [2.45, 2.75) is 6.92 Å². The second-order valence-corrected chi connectivity index (χ2v) is 3.87. The Kier molecular flexibility index (Phi) is 3.43. The normalized spacial score (nSPS) is 10.1. The molecule has 0 bridgehead atoms. The Labute approximate surface area is 109 Å². The van der Waals surface area contributed by atoms with Gasteiger partial charge in [-0.15, -0.1) is 0 Å². The third-order valence-corrected chi connectivity index (χ3v) is 2.40. The average Bonchev–Trinajstić information content (AvgIpc) is 2.34. The first-order valence-electron chi connectivity index (χ1n) is 5.15. The van der Waals surface area contributed by atoms with E-state index < -0.39 is 5.97 Å². The largest absolute Gasteiger partial charge is 0.404 e. The number of ether oxygens (including phenoxy) is 1. The third-order valence-electron chi connectivity index (χ3n) is 2.13. The summed E-state index contributed by atoms with van der Waals surface area (Å²) in [6.07, 6.45) is 0. The summed E-state index contributed by atoms with van der Waals surface area (Å²) in [5.41, 5.74) is 6.90. The van der Waals surface area contributed by atoms with Crippen LogP contribution in [0.1, 0.15) is 6.92 Å². The van der Waals surface area contributed by atoms with Crippen LogP contribution in [0.5, 0.6) is 5.88 Å². The number of hydrogen-bond acceptors (Lipinski definition) is 5. The van der Waals surface area contributed by atoms with Gasteiger partial charge in [0.25, 0.3) is 5.88 Å². The Morgan fingerprint density at radius 3 is 2.56 bits per heavy atom. The number of benzene rings is 1. The number of nitrogens with two attached hydrogens (primary N) is 1. The lowest BCUT2D eigenvalue weighted by atomic mass is 10.2. The van der Waals surface area contributed by atoms with Gasteiger partial charge in [-0.3, -0.25) is 4.79 Å². The molecule has 0 spiro atoms. The van der Waals surface area contributed by atoms with Crippen LogP contribution in [0.4, 0.5) is 5.82 Å². The Morgan fingerprint density at radius 1 is 1.28 bits per heavy atom. The fourth-order valence-electron chi connectivity index (χ4n) is 1.40. The highest BCUT2D eigenvalue weighted by Gasteiger charge is 2.14. The molecule has 0 saturated heterocycles. The summed E-state index contributed by atoms with van der Waals surface area (Å²) >= 11 is 6.00. The average molecular weight is 264 g/mol. The molecule has 18 heavy (non-hydrogen) atoms. The van der Waals surface area contributed by atoms with Crippen LogP contribution >= 0.6 is 11.6 Å². The lowest BCUT2D eigenvalue weighted by Gasteiger charge is -2.07. The quantitative estimate of drug-likeness (QED) is 0.841. The van der Waals surface area contributed by atoms with Gasteiger partial charge in [0.05, 0.1) is 0 Å². The topological polar surface area (TPSA) is 78.1 Å².